The highest BCUT2D eigenvalue weighted by Crippen LogP contribution is 2.41. The number of hydrogen-bond acceptors (Lipinski definition) is 6. The number of rotatable bonds is 4. The maximum atomic E-state index is 13.1. The topological polar surface area (TPSA) is 110 Å². The van der Waals surface area contributed by atoms with Gasteiger partial charge in [-0.25, -0.2) is 0 Å². The van der Waals surface area contributed by atoms with Gasteiger partial charge in [0.05, 0.1) is 25.2 Å². The number of ether oxygens (including phenoxy) is 2. The molecule has 134 valence electrons. The second-order valence-electron chi connectivity index (χ2n) is 5.95. The van der Waals surface area contributed by atoms with Crippen LogP contribution >= 0.6 is 0 Å². The summed E-state index contributed by atoms with van der Waals surface area (Å²) in [6, 6.07) is 10.9. The molecule has 3 rings (SSSR count). The third-order valence-corrected chi connectivity index (χ3v) is 4.44. The van der Waals surface area contributed by atoms with E-state index in [4.69, 9.17) is 15.2 Å². The lowest BCUT2D eigenvalue weighted by molar-refractivity contribution is 0.272. The third kappa shape index (κ3) is 2.80. The Balaban J connectivity index is 2.31. The molecule has 0 unspecified atom stereocenters. The Morgan fingerprint density at radius 3 is 2.85 bits per heavy atom. The Morgan fingerprint density at radius 1 is 1.42 bits per heavy atom. The zero-order chi connectivity index (χ0) is 18.8. The largest absolute Gasteiger partial charge is 0.497 e. The zero-order valence-electron chi connectivity index (χ0n) is 14.5. The molecule has 0 aliphatic carbocycles. The molecule has 0 spiro atoms. The average Bonchev–Trinajstić information content (AvgIpc) is 2.64. The van der Waals surface area contributed by atoms with E-state index in [2.05, 4.69) is 6.07 Å². The van der Waals surface area contributed by atoms with Crippen molar-refractivity contribution in [1.82, 2.24) is 4.57 Å². The molecule has 0 amide bonds. The van der Waals surface area contributed by atoms with E-state index < -0.39 is 5.92 Å². The first-order valence-electron chi connectivity index (χ1n) is 8.08. The highest BCUT2D eigenvalue weighted by atomic mass is 16.5. The molecule has 0 bridgehead atoms. The minimum Gasteiger partial charge on any atom is -0.497 e. The minimum atomic E-state index is -0.670. The van der Waals surface area contributed by atoms with Crippen LogP contribution in [0.1, 0.15) is 22.7 Å². The van der Waals surface area contributed by atoms with E-state index in [1.54, 1.807) is 38.3 Å². The van der Waals surface area contributed by atoms with Crippen LogP contribution in [0.15, 0.2) is 46.6 Å². The van der Waals surface area contributed by atoms with E-state index in [0.717, 1.165) is 0 Å². The van der Waals surface area contributed by atoms with Gasteiger partial charge in [-0.05, 0) is 24.6 Å². The molecule has 0 radical (unpaired) electrons. The monoisotopic (exact) mass is 353 g/mol. The number of aryl methyl sites for hydroxylation is 1. The normalized spacial score (nSPS) is 15.8. The lowest BCUT2D eigenvalue weighted by atomic mass is 9.84. The van der Waals surface area contributed by atoms with Crippen molar-refractivity contribution in [3.63, 3.8) is 0 Å². The van der Waals surface area contributed by atoms with Crippen LogP contribution in [0.4, 0.5) is 0 Å². The number of aromatic nitrogens is 1. The molecule has 1 aromatic heterocycles. The highest BCUT2D eigenvalue weighted by molar-refractivity contribution is 5.56. The van der Waals surface area contributed by atoms with E-state index >= 15 is 0 Å². The number of methoxy groups -OCH3 is 1. The van der Waals surface area contributed by atoms with Crippen molar-refractivity contribution < 1.29 is 14.6 Å². The molecular weight excluding hydrogens is 334 g/mol. The first kappa shape index (κ1) is 17.6. The van der Waals surface area contributed by atoms with Gasteiger partial charge in [0, 0.05) is 18.3 Å². The van der Waals surface area contributed by atoms with Crippen molar-refractivity contribution in [2.24, 2.45) is 5.73 Å². The number of aliphatic hydroxyl groups is 1. The van der Waals surface area contributed by atoms with Crippen molar-refractivity contribution in [1.29, 1.82) is 5.26 Å². The van der Waals surface area contributed by atoms with Crippen molar-refractivity contribution in [2.45, 2.75) is 19.4 Å². The van der Waals surface area contributed by atoms with Gasteiger partial charge in [-0.1, -0.05) is 12.1 Å². The molecule has 1 aliphatic heterocycles. The van der Waals surface area contributed by atoms with Crippen molar-refractivity contribution in [3.8, 4) is 17.6 Å². The molecule has 0 fully saturated rings. The summed E-state index contributed by atoms with van der Waals surface area (Å²) in [6.45, 7) is 1.73. The van der Waals surface area contributed by atoms with Gasteiger partial charge in [-0.2, -0.15) is 5.26 Å². The maximum Gasteiger partial charge on any atom is 0.258 e. The Bertz CT molecular complexity index is 985. The summed E-state index contributed by atoms with van der Waals surface area (Å²) in [4.78, 5) is 13.1. The number of pyridine rings is 1. The molecular formula is C19H19N3O4. The Labute approximate surface area is 150 Å². The average molecular weight is 353 g/mol. The molecule has 7 heteroatoms. The van der Waals surface area contributed by atoms with Crippen LogP contribution in [0.2, 0.25) is 0 Å². The molecule has 2 heterocycles. The third-order valence-electron chi connectivity index (χ3n) is 4.44. The van der Waals surface area contributed by atoms with Crippen LogP contribution in [-0.2, 0) is 6.54 Å². The molecule has 26 heavy (non-hydrogen) atoms. The molecule has 0 saturated heterocycles. The van der Waals surface area contributed by atoms with E-state index in [-0.39, 0.29) is 30.2 Å². The van der Waals surface area contributed by atoms with Gasteiger partial charge < -0.3 is 24.9 Å². The molecule has 3 N–H and O–H groups in total. The van der Waals surface area contributed by atoms with Gasteiger partial charge in [0.2, 0.25) is 5.88 Å². The second kappa shape index (κ2) is 6.94. The Hall–Kier alpha value is -3.24. The van der Waals surface area contributed by atoms with Crippen LogP contribution < -0.4 is 20.8 Å². The van der Waals surface area contributed by atoms with E-state index in [0.29, 0.717) is 28.3 Å². The van der Waals surface area contributed by atoms with Gasteiger partial charge in [0.1, 0.15) is 23.1 Å². The number of nitrogens with two attached hydrogens (primary N) is 1. The van der Waals surface area contributed by atoms with Crippen molar-refractivity contribution in [2.75, 3.05) is 13.7 Å². The standard InChI is InChI=1S/C19H19N3O4/c1-11-8-15-17(19(24)22(11)6-7-23)16(14(10-20)18(21)26-15)12-4-3-5-13(9-12)25-2/h3-5,8-9,16,23H,6-7,21H2,1-2H3/t16-/m0/s1. The van der Waals surface area contributed by atoms with E-state index in [1.165, 1.54) is 4.57 Å². The summed E-state index contributed by atoms with van der Waals surface area (Å²) in [5.74, 6) is 0.239. The molecule has 1 atom stereocenters. The number of hydrogen-bond donors (Lipinski definition) is 2. The smallest absolute Gasteiger partial charge is 0.258 e. The first-order valence-corrected chi connectivity index (χ1v) is 8.08. The van der Waals surface area contributed by atoms with Crippen LogP contribution in [0.25, 0.3) is 0 Å². The summed E-state index contributed by atoms with van der Waals surface area (Å²) in [5.41, 5.74) is 7.47. The number of benzene rings is 1. The summed E-state index contributed by atoms with van der Waals surface area (Å²) in [7, 11) is 1.55. The fourth-order valence-corrected chi connectivity index (χ4v) is 3.22. The number of fused-ring (bicyclic) bond motifs is 1. The van der Waals surface area contributed by atoms with Gasteiger partial charge >= 0.3 is 0 Å². The van der Waals surface area contributed by atoms with Crippen LogP contribution in [-0.4, -0.2) is 23.4 Å². The van der Waals surface area contributed by atoms with E-state index in [1.807, 2.05) is 6.07 Å². The summed E-state index contributed by atoms with van der Waals surface area (Å²) >= 11 is 0. The predicted octanol–water partition coefficient (Wildman–Crippen LogP) is 1.38. The molecule has 1 aromatic carbocycles. The molecule has 7 nitrogen and oxygen atoms in total. The predicted molar refractivity (Wildman–Crippen MR) is 94.8 cm³/mol. The Morgan fingerprint density at radius 2 is 2.19 bits per heavy atom. The van der Waals surface area contributed by atoms with Crippen LogP contribution in [0.3, 0.4) is 0 Å². The summed E-state index contributed by atoms with van der Waals surface area (Å²) in [5, 5.41) is 18.9. The lowest BCUT2D eigenvalue weighted by Gasteiger charge is -2.27. The van der Waals surface area contributed by atoms with Gasteiger partial charge in [0.15, 0.2) is 0 Å². The maximum absolute atomic E-state index is 13.1. The minimum absolute atomic E-state index is 0.0217. The molecule has 0 saturated carbocycles. The number of allylic oxidation sites excluding steroid dienone is 1. The van der Waals surface area contributed by atoms with Gasteiger partial charge in [-0.15, -0.1) is 0 Å². The number of nitriles is 1. The van der Waals surface area contributed by atoms with Crippen molar-refractivity contribution >= 4 is 0 Å². The van der Waals surface area contributed by atoms with Crippen molar-refractivity contribution in [3.05, 3.63) is 69.0 Å². The van der Waals surface area contributed by atoms with E-state index in [9.17, 15) is 15.2 Å². The highest BCUT2D eigenvalue weighted by Gasteiger charge is 2.34. The first-order chi connectivity index (χ1) is 12.5. The number of aliphatic hydroxyl groups excluding tert-OH is 1. The molecule has 1 aliphatic rings. The quantitative estimate of drug-likeness (QED) is 0.859. The second-order valence-corrected chi connectivity index (χ2v) is 5.95. The molecule has 2 aromatic rings. The summed E-state index contributed by atoms with van der Waals surface area (Å²) < 4.78 is 12.3. The Kier molecular flexibility index (Phi) is 4.69. The fourth-order valence-electron chi connectivity index (χ4n) is 3.22. The van der Waals surface area contributed by atoms with Gasteiger partial charge in [0.25, 0.3) is 5.56 Å². The lowest BCUT2D eigenvalue weighted by Crippen LogP contribution is -2.33. The number of nitrogens with zero attached hydrogens (tertiary/aromatic N) is 2. The van der Waals surface area contributed by atoms with Crippen LogP contribution in [0, 0.1) is 18.3 Å². The SMILES string of the molecule is COc1cccc([C@H]2C(C#N)=C(N)Oc3cc(C)n(CCO)c(=O)c32)c1. The zero-order valence-corrected chi connectivity index (χ0v) is 14.5. The van der Waals surface area contributed by atoms with Crippen LogP contribution in [0.5, 0.6) is 11.5 Å². The summed E-state index contributed by atoms with van der Waals surface area (Å²) in [6.07, 6.45) is 0. The fraction of sp³-hybridized carbons (Fsp3) is 0.263. The van der Waals surface area contributed by atoms with Gasteiger partial charge in [-0.3, -0.25) is 4.79 Å².